The highest BCUT2D eigenvalue weighted by Gasteiger charge is 2.28. The number of nitrogens with zero attached hydrogens (tertiary/aromatic N) is 3. The number of ether oxygens (including phenoxy) is 1. The average molecular weight is 420 g/mol. The van der Waals surface area contributed by atoms with Crippen LogP contribution in [0.2, 0.25) is 0 Å². The van der Waals surface area contributed by atoms with Crippen LogP contribution in [0, 0.1) is 30.9 Å². The molecule has 1 N–H and O–H groups in total. The molecule has 10 heteroatoms. The molecule has 1 aromatic heterocycles. The number of nitrogens with one attached hydrogen (secondary N) is 1. The van der Waals surface area contributed by atoms with Crippen molar-refractivity contribution in [2.24, 2.45) is 0 Å². The predicted octanol–water partition coefficient (Wildman–Crippen LogP) is 2.98. The summed E-state index contributed by atoms with van der Waals surface area (Å²) in [7, 11) is -3.85. The van der Waals surface area contributed by atoms with Crippen LogP contribution in [0.1, 0.15) is 42.6 Å². The Balaban J connectivity index is 1.63. The van der Waals surface area contributed by atoms with E-state index in [1.54, 1.807) is 6.92 Å². The van der Waals surface area contributed by atoms with Gasteiger partial charge < -0.3 is 4.74 Å². The lowest BCUT2D eigenvalue weighted by atomic mass is 9.94. The topological polar surface area (TPSA) is 124 Å². The molecule has 0 amide bonds. The number of sulfonamides is 1. The first-order valence-electron chi connectivity index (χ1n) is 9.40. The minimum atomic E-state index is -3.85. The third-order valence-corrected chi connectivity index (χ3v) is 6.56. The van der Waals surface area contributed by atoms with E-state index in [-0.39, 0.29) is 22.7 Å². The van der Waals surface area contributed by atoms with E-state index in [1.807, 2.05) is 19.9 Å². The van der Waals surface area contributed by atoms with Crippen LogP contribution in [0.5, 0.6) is 6.01 Å². The lowest BCUT2D eigenvalue weighted by Gasteiger charge is -2.29. The molecule has 1 aromatic carbocycles. The number of benzene rings is 1. The highest BCUT2D eigenvalue weighted by Crippen LogP contribution is 2.26. The Morgan fingerprint density at radius 2 is 1.69 bits per heavy atom. The van der Waals surface area contributed by atoms with E-state index in [1.165, 1.54) is 12.1 Å². The number of nitro groups is 1. The Morgan fingerprint density at radius 3 is 2.28 bits per heavy atom. The van der Waals surface area contributed by atoms with Crippen LogP contribution in [0.4, 0.5) is 5.69 Å². The first-order valence-corrected chi connectivity index (χ1v) is 10.9. The van der Waals surface area contributed by atoms with Crippen molar-refractivity contribution in [1.29, 1.82) is 0 Å². The molecule has 2 aromatic rings. The fourth-order valence-corrected chi connectivity index (χ4v) is 5.04. The van der Waals surface area contributed by atoms with E-state index in [0.717, 1.165) is 17.5 Å². The van der Waals surface area contributed by atoms with Gasteiger partial charge in [0, 0.05) is 29.6 Å². The number of aromatic nitrogens is 2. The van der Waals surface area contributed by atoms with Crippen LogP contribution >= 0.6 is 0 Å². The van der Waals surface area contributed by atoms with E-state index in [9.17, 15) is 18.5 Å². The Hall–Kier alpha value is -2.59. The normalized spacial score (nSPS) is 19.7. The molecular weight excluding hydrogens is 396 g/mol. The average Bonchev–Trinajstić information content (AvgIpc) is 2.62. The maximum Gasteiger partial charge on any atom is 0.317 e. The zero-order valence-corrected chi connectivity index (χ0v) is 17.4. The molecular formula is C19H24N4O5S. The highest BCUT2D eigenvalue weighted by atomic mass is 32.2. The minimum absolute atomic E-state index is 0.0614. The van der Waals surface area contributed by atoms with Gasteiger partial charge in [-0.05, 0) is 58.1 Å². The van der Waals surface area contributed by atoms with Gasteiger partial charge in [0.15, 0.2) is 0 Å². The highest BCUT2D eigenvalue weighted by molar-refractivity contribution is 7.89. The second kappa shape index (κ2) is 8.42. The van der Waals surface area contributed by atoms with Gasteiger partial charge in [0.2, 0.25) is 10.0 Å². The fourth-order valence-electron chi connectivity index (χ4n) is 3.47. The van der Waals surface area contributed by atoms with Gasteiger partial charge in [0.25, 0.3) is 5.69 Å². The van der Waals surface area contributed by atoms with Gasteiger partial charge >= 0.3 is 6.01 Å². The Labute approximate surface area is 169 Å². The molecule has 0 atom stereocenters. The molecule has 0 bridgehead atoms. The quantitative estimate of drug-likeness (QED) is 0.562. The number of rotatable bonds is 6. The number of hydrogen-bond donors (Lipinski definition) is 1. The zero-order valence-electron chi connectivity index (χ0n) is 16.6. The summed E-state index contributed by atoms with van der Waals surface area (Å²) in [4.78, 5) is 18.9. The molecule has 29 heavy (non-hydrogen) atoms. The SMILES string of the molecule is Cc1cc(C)nc(OC2CCC(NS(=O)(=O)c3cc([N+](=O)[O-])ccc3C)CC2)n1. The first-order chi connectivity index (χ1) is 13.6. The molecule has 1 heterocycles. The largest absolute Gasteiger partial charge is 0.460 e. The van der Waals surface area contributed by atoms with Crippen molar-refractivity contribution in [2.45, 2.75) is 63.5 Å². The van der Waals surface area contributed by atoms with Crippen LogP contribution in [0.25, 0.3) is 0 Å². The molecule has 0 spiro atoms. The number of hydrogen-bond acceptors (Lipinski definition) is 7. The zero-order chi connectivity index (χ0) is 21.2. The van der Waals surface area contributed by atoms with Crippen LogP contribution in [-0.4, -0.2) is 35.5 Å². The summed E-state index contributed by atoms with van der Waals surface area (Å²) in [5.41, 5.74) is 1.89. The Bertz CT molecular complexity index is 997. The van der Waals surface area contributed by atoms with Gasteiger partial charge in [-0.3, -0.25) is 10.1 Å². The second-order valence-corrected chi connectivity index (χ2v) is 9.04. The summed E-state index contributed by atoms with van der Waals surface area (Å²) in [6, 6.07) is 5.81. The number of aryl methyl sites for hydroxylation is 3. The third-order valence-electron chi connectivity index (χ3n) is 4.90. The van der Waals surface area contributed by atoms with E-state index in [2.05, 4.69) is 14.7 Å². The predicted molar refractivity (Wildman–Crippen MR) is 106 cm³/mol. The van der Waals surface area contributed by atoms with E-state index in [4.69, 9.17) is 4.74 Å². The van der Waals surface area contributed by atoms with Crippen LogP contribution < -0.4 is 9.46 Å². The summed E-state index contributed by atoms with van der Waals surface area (Å²) in [5.74, 6) is 0. The van der Waals surface area contributed by atoms with Crippen molar-refractivity contribution >= 4 is 15.7 Å². The molecule has 0 saturated heterocycles. The van der Waals surface area contributed by atoms with E-state index < -0.39 is 14.9 Å². The smallest absolute Gasteiger partial charge is 0.317 e. The summed E-state index contributed by atoms with van der Waals surface area (Å²) in [6.07, 6.45) is 2.46. The van der Waals surface area contributed by atoms with Crippen LogP contribution in [-0.2, 0) is 10.0 Å². The van der Waals surface area contributed by atoms with Crippen molar-refractivity contribution in [3.8, 4) is 6.01 Å². The lowest BCUT2D eigenvalue weighted by Crippen LogP contribution is -2.40. The summed E-state index contributed by atoms with van der Waals surface area (Å²) in [5, 5.41) is 11.0. The maximum absolute atomic E-state index is 12.8. The van der Waals surface area contributed by atoms with Crippen molar-refractivity contribution in [1.82, 2.24) is 14.7 Å². The first kappa shape index (κ1) is 21.1. The van der Waals surface area contributed by atoms with Gasteiger partial charge in [0.05, 0.1) is 9.82 Å². The molecule has 156 valence electrons. The summed E-state index contributed by atoms with van der Waals surface area (Å²) >= 11 is 0. The Morgan fingerprint density at radius 1 is 1.07 bits per heavy atom. The van der Waals surface area contributed by atoms with E-state index >= 15 is 0 Å². The number of nitro benzene ring substituents is 1. The molecule has 9 nitrogen and oxygen atoms in total. The summed E-state index contributed by atoms with van der Waals surface area (Å²) in [6.45, 7) is 5.37. The fraction of sp³-hybridized carbons (Fsp3) is 0.474. The minimum Gasteiger partial charge on any atom is -0.460 e. The standard InChI is InChI=1S/C19H24N4O5S/c1-12-4-7-16(23(24)25)11-18(12)29(26,27)22-15-5-8-17(9-6-15)28-19-20-13(2)10-14(3)21-19/h4,7,10-11,15,17,22H,5-6,8-9H2,1-3H3. The van der Waals surface area contributed by atoms with Gasteiger partial charge in [-0.1, -0.05) is 6.07 Å². The molecule has 0 unspecified atom stereocenters. The lowest BCUT2D eigenvalue weighted by molar-refractivity contribution is -0.385. The van der Waals surface area contributed by atoms with Crippen molar-refractivity contribution < 1.29 is 18.1 Å². The van der Waals surface area contributed by atoms with Gasteiger partial charge in [0.1, 0.15) is 6.10 Å². The summed E-state index contributed by atoms with van der Waals surface area (Å²) < 4.78 is 34.1. The van der Waals surface area contributed by atoms with Crippen molar-refractivity contribution in [2.75, 3.05) is 0 Å². The van der Waals surface area contributed by atoms with Gasteiger partial charge in [-0.15, -0.1) is 0 Å². The molecule has 1 fully saturated rings. The molecule has 1 saturated carbocycles. The Kier molecular flexibility index (Phi) is 6.13. The third kappa shape index (κ3) is 5.27. The van der Waals surface area contributed by atoms with E-state index in [0.29, 0.717) is 37.3 Å². The molecule has 3 rings (SSSR count). The van der Waals surface area contributed by atoms with Crippen LogP contribution in [0.15, 0.2) is 29.2 Å². The van der Waals surface area contributed by atoms with Crippen LogP contribution in [0.3, 0.4) is 0 Å². The van der Waals surface area contributed by atoms with Gasteiger partial charge in [-0.25, -0.2) is 23.1 Å². The van der Waals surface area contributed by atoms with Crippen molar-refractivity contribution in [3.05, 3.63) is 51.3 Å². The molecule has 1 aliphatic carbocycles. The second-order valence-electron chi connectivity index (χ2n) is 7.35. The number of non-ortho nitro benzene ring substituents is 1. The molecule has 0 radical (unpaired) electrons. The van der Waals surface area contributed by atoms with Crippen molar-refractivity contribution in [3.63, 3.8) is 0 Å². The maximum atomic E-state index is 12.8. The molecule has 0 aliphatic heterocycles. The van der Waals surface area contributed by atoms with Gasteiger partial charge in [-0.2, -0.15) is 0 Å². The monoisotopic (exact) mass is 420 g/mol. The molecule has 1 aliphatic rings.